The minimum absolute atomic E-state index is 0.881. The van der Waals surface area contributed by atoms with Crippen molar-refractivity contribution < 1.29 is 4.42 Å². The van der Waals surface area contributed by atoms with Crippen LogP contribution >= 0.6 is 11.3 Å². The summed E-state index contributed by atoms with van der Waals surface area (Å²) in [6.07, 6.45) is 0. The first-order valence-corrected chi connectivity index (χ1v) is 17.4. The van der Waals surface area contributed by atoms with Gasteiger partial charge in [0, 0.05) is 36.9 Å². The molecule has 0 amide bonds. The lowest BCUT2D eigenvalue weighted by molar-refractivity contribution is 0.669. The van der Waals surface area contributed by atoms with Crippen LogP contribution in [0.2, 0.25) is 0 Å². The minimum atomic E-state index is 0.881. The molecule has 0 aliphatic carbocycles. The second-order valence-corrected chi connectivity index (χ2v) is 13.6. The van der Waals surface area contributed by atoms with Crippen molar-refractivity contribution in [3.63, 3.8) is 0 Å². The van der Waals surface area contributed by atoms with Gasteiger partial charge in [0.2, 0.25) is 0 Å². The van der Waals surface area contributed by atoms with E-state index < -0.39 is 0 Å². The van der Waals surface area contributed by atoms with Crippen LogP contribution in [-0.4, -0.2) is 0 Å². The zero-order valence-electron chi connectivity index (χ0n) is 26.5. The molecule has 0 spiro atoms. The summed E-state index contributed by atoms with van der Waals surface area (Å²) in [6.45, 7) is 0. The first kappa shape index (κ1) is 27.9. The average molecular weight is 644 g/mol. The average Bonchev–Trinajstić information content (AvgIpc) is 3.72. The van der Waals surface area contributed by atoms with Gasteiger partial charge in [-0.25, -0.2) is 0 Å². The number of rotatable bonds is 5. The molecular weight excluding hydrogens is 615 g/mol. The van der Waals surface area contributed by atoms with Crippen LogP contribution in [0.1, 0.15) is 0 Å². The van der Waals surface area contributed by atoms with Crippen molar-refractivity contribution in [3.05, 3.63) is 176 Å². The van der Waals surface area contributed by atoms with E-state index in [-0.39, 0.29) is 0 Å². The van der Waals surface area contributed by atoms with Crippen LogP contribution in [0.3, 0.4) is 0 Å². The van der Waals surface area contributed by atoms with Gasteiger partial charge < -0.3 is 9.32 Å². The summed E-state index contributed by atoms with van der Waals surface area (Å²) >= 11 is 1.86. The summed E-state index contributed by atoms with van der Waals surface area (Å²) in [6, 6.07) is 63.2. The molecule has 10 aromatic rings. The van der Waals surface area contributed by atoms with Crippen molar-refractivity contribution in [2.75, 3.05) is 4.90 Å². The first-order chi connectivity index (χ1) is 24.3. The summed E-state index contributed by atoms with van der Waals surface area (Å²) in [7, 11) is 0. The van der Waals surface area contributed by atoms with Gasteiger partial charge in [-0.3, -0.25) is 0 Å². The number of nitrogens with zero attached hydrogens (tertiary/aromatic N) is 1. The smallest absolute Gasteiger partial charge is 0.137 e. The van der Waals surface area contributed by atoms with E-state index in [2.05, 4.69) is 175 Å². The van der Waals surface area contributed by atoms with E-state index in [0.29, 0.717) is 0 Å². The highest BCUT2D eigenvalue weighted by Crippen LogP contribution is 2.46. The fourth-order valence-electron chi connectivity index (χ4n) is 7.35. The van der Waals surface area contributed by atoms with Gasteiger partial charge in [-0.2, -0.15) is 0 Å². The zero-order valence-corrected chi connectivity index (χ0v) is 27.3. The van der Waals surface area contributed by atoms with Crippen LogP contribution < -0.4 is 4.90 Å². The molecule has 0 unspecified atom stereocenters. The molecule has 0 aliphatic rings. The highest BCUT2D eigenvalue weighted by molar-refractivity contribution is 7.25. The molecule has 0 fully saturated rings. The van der Waals surface area contributed by atoms with Crippen molar-refractivity contribution in [2.45, 2.75) is 0 Å². The summed E-state index contributed by atoms with van der Waals surface area (Å²) in [4.78, 5) is 2.39. The molecule has 0 aliphatic heterocycles. The highest BCUT2D eigenvalue weighted by atomic mass is 32.1. The van der Waals surface area contributed by atoms with Gasteiger partial charge >= 0.3 is 0 Å². The van der Waals surface area contributed by atoms with Gasteiger partial charge in [-0.1, -0.05) is 121 Å². The van der Waals surface area contributed by atoms with Crippen molar-refractivity contribution in [3.8, 4) is 22.3 Å². The monoisotopic (exact) mass is 643 g/mol. The Balaban J connectivity index is 1.17. The van der Waals surface area contributed by atoms with Gasteiger partial charge in [0.25, 0.3) is 0 Å². The Bertz CT molecular complexity index is 2830. The van der Waals surface area contributed by atoms with Crippen LogP contribution in [0.4, 0.5) is 17.1 Å². The maximum absolute atomic E-state index is 6.37. The molecule has 0 radical (unpaired) electrons. The maximum Gasteiger partial charge on any atom is 0.137 e. The number of anilines is 3. The molecule has 2 nitrogen and oxygen atoms in total. The molecule has 230 valence electrons. The number of fused-ring (bicyclic) bond motifs is 7. The molecule has 0 bridgehead atoms. The lowest BCUT2D eigenvalue weighted by atomic mass is 9.94. The van der Waals surface area contributed by atoms with E-state index in [1.54, 1.807) is 0 Å². The summed E-state index contributed by atoms with van der Waals surface area (Å²) in [5.74, 6) is 0. The van der Waals surface area contributed by atoms with E-state index in [0.717, 1.165) is 39.0 Å². The van der Waals surface area contributed by atoms with Crippen molar-refractivity contribution in [1.29, 1.82) is 0 Å². The van der Waals surface area contributed by atoms with E-state index in [1.165, 1.54) is 53.2 Å². The molecule has 2 aromatic heterocycles. The topological polar surface area (TPSA) is 16.4 Å². The second-order valence-electron chi connectivity index (χ2n) is 12.5. The Morgan fingerprint density at radius 3 is 1.86 bits per heavy atom. The Hall–Kier alpha value is -6.16. The molecule has 3 heteroatoms. The molecule has 0 saturated heterocycles. The Labute approximate surface area is 287 Å². The number of hydrogen-bond donors (Lipinski definition) is 0. The third kappa shape index (κ3) is 4.62. The van der Waals surface area contributed by atoms with Crippen LogP contribution in [0.5, 0.6) is 0 Å². The zero-order chi connectivity index (χ0) is 32.3. The molecule has 0 N–H and O–H groups in total. The highest BCUT2D eigenvalue weighted by Gasteiger charge is 2.20. The fourth-order valence-corrected chi connectivity index (χ4v) is 8.52. The molecular formula is C46H29NOS. The molecule has 8 aromatic carbocycles. The normalized spacial score (nSPS) is 11.7. The quantitative estimate of drug-likeness (QED) is 0.186. The van der Waals surface area contributed by atoms with Gasteiger partial charge in [-0.15, -0.1) is 11.3 Å². The summed E-state index contributed by atoms with van der Waals surface area (Å²) in [5, 5.41) is 7.36. The van der Waals surface area contributed by atoms with Crippen molar-refractivity contribution in [1.82, 2.24) is 0 Å². The van der Waals surface area contributed by atoms with Crippen LogP contribution in [0, 0.1) is 0 Å². The molecule has 49 heavy (non-hydrogen) atoms. The van der Waals surface area contributed by atoms with E-state index in [4.69, 9.17) is 4.42 Å². The molecule has 10 rings (SSSR count). The fraction of sp³-hybridized carbons (Fsp3) is 0. The molecule has 2 heterocycles. The third-order valence-corrected chi connectivity index (χ3v) is 10.8. The Kier molecular flexibility index (Phi) is 6.39. The van der Waals surface area contributed by atoms with Crippen molar-refractivity contribution >= 4 is 81.3 Å². The van der Waals surface area contributed by atoms with Crippen LogP contribution in [0.25, 0.3) is 75.1 Å². The van der Waals surface area contributed by atoms with Gasteiger partial charge in [-0.05, 0) is 87.6 Å². The third-order valence-electron chi connectivity index (χ3n) is 9.65. The number of hydrogen-bond acceptors (Lipinski definition) is 3. The maximum atomic E-state index is 6.37. The second kappa shape index (κ2) is 11.2. The van der Waals surface area contributed by atoms with E-state index in [9.17, 15) is 0 Å². The van der Waals surface area contributed by atoms with Gasteiger partial charge in [0.05, 0.1) is 11.1 Å². The number of thiophene rings is 1. The summed E-state index contributed by atoms with van der Waals surface area (Å²) < 4.78 is 8.95. The SMILES string of the molecule is c1ccc(-c2ccccc2-c2ccc(N(c3ccc4c(c3)sc3cc5ccccc5cc34)c3cccc4oc5ccccc5c34)cc2)cc1. The van der Waals surface area contributed by atoms with Crippen LogP contribution in [-0.2, 0) is 0 Å². The lowest BCUT2D eigenvalue weighted by Gasteiger charge is -2.26. The predicted molar refractivity (Wildman–Crippen MR) is 210 cm³/mol. The van der Waals surface area contributed by atoms with Crippen LogP contribution in [0.15, 0.2) is 180 Å². The largest absolute Gasteiger partial charge is 0.456 e. The van der Waals surface area contributed by atoms with E-state index in [1.807, 2.05) is 17.4 Å². The Morgan fingerprint density at radius 1 is 0.408 bits per heavy atom. The first-order valence-electron chi connectivity index (χ1n) is 16.6. The standard InChI is InChI=1S/C46H29NOS/c1-2-11-30(12-3-1)36-15-6-7-16-37(36)31-21-23-34(24-22-31)47(41-18-10-20-43-46(41)39-17-8-9-19-42(39)48-43)35-25-26-38-40-27-32-13-4-5-14-33(32)28-44(40)49-45(38)29-35/h1-29H. The molecule has 0 atom stereocenters. The number of para-hydroxylation sites is 1. The minimum Gasteiger partial charge on any atom is -0.456 e. The lowest BCUT2D eigenvalue weighted by Crippen LogP contribution is -2.10. The number of benzene rings is 8. The Morgan fingerprint density at radius 2 is 1.04 bits per heavy atom. The van der Waals surface area contributed by atoms with Crippen molar-refractivity contribution in [2.24, 2.45) is 0 Å². The number of furan rings is 1. The van der Waals surface area contributed by atoms with Gasteiger partial charge in [0.1, 0.15) is 11.2 Å². The molecule has 0 saturated carbocycles. The van der Waals surface area contributed by atoms with E-state index >= 15 is 0 Å². The predicted octanol–water partition coefficient (Wildman–Crippen LogP) is 13.9. The van der Waals surface area contributed by atoms with Gasteiger partial charge in [0.15, 0.2) is 0 Å². The summed E-state index contributed by atoms with van der Waals surface area (Å²) in [5.41, 5.74) is 9.90.